The van der Waals surface area contributed by atoms with Crippen molar-refractivity contribution in [3.05, 3.63) is 10.2 Å². The predicted octanol–water partition coefficient (Wildman–Crippen LogP) is 1.47. The van der Waals surface area contributed by atoms with E-state index in [0.717, 1.165) is 36.4 Å². The Kier molecular flexibility index (Phi) is 3.36. The molecule has 0 aliphatic carbocycles. The van der Waals surface area contributed by atoms with Crippen molar-refractivity contribution in [1.82, 2.24) is 10.2 Å². The Bertz CT molecular complexity index is 370. The number of hydrogen-bond donors (Lipinski definition) is 1. The second kappa shape index (κ2) is 4.85. The fraction of sp³-hybridized carbons (Fsp3) is 0.769. The summed E-state index contributed by atoms with van der Waals surface area (Å²) < 4.78 is 6.66. The third-order valence-corrected chi connectivity index (χ3v) is 5.02. The first-order valence-electron chi connectivity index (χ1n) is 6.65. The number of carbonyl (C=O) groups excluding carboxylic acids is 1. The molecular formula is C13H19BrN2O2. The lowest BCUT2D eigenvalue weighted by atomic mass is 9.85. The van der Waals surface area contributed by atoms with Gasteiger partial charge in [-0.25, -0.2) is 0 Å². The van der Waals surface area contributed by atoms with Gasteiger partial charge in [-0.1, -0.05) is 15.9 Å². The highest BCUT2D eigenvalue weighted by molar-refractivity contribution is 9.11. The van der Waals surface area contributed by atoms with Crippen LogP contribution in [0.3, 0.4) is 0 Å². The molecule has 0 spiro atoms. The molecular weight excluding hydrogens is 296 g/mol. The first-order valence-corrected chi connectivity index (χ1v) is 7.44. The highest BCUT2D eigenvalue weighted by Crippen LogP contribution is 2.32. The van der Waals surface area contributed by atoms with Crippen molar-refractivity contribution in [2.75, 3.05) is 26.2 Å². The molecule has 0 aromatic rings. The molecule has 0 saturated carbocycles. The van der Waals surface area contributed by atoms with E-state index in [1.165, 1.54) is 6.42 Å². The number of halogens is 1. The summed E-state index contributed by atoms with van der Waals surface area (Å²) in [5.41, 5.74) is 0. The van der Waals surface area contributed by atoms with Crippen LogP contribution in [-0.2, 0) is 9.53 Å². The van der Waals surface area contributed by atoms with Crippen molar-refractivity contribution in [3.63, 3.8) is 0 Å². The van der Waals surface area contributed by atoms with Gasteiger partial charge in [-0.2, -0.15) is 0 Å². The van der Waals surface area contributed by atoms with E-state index >= 15 is 0 Å². The third-order valence-electron chi connectivity index (χ3n) is 4.14. The molecule has 1 N–H and O–H groups in total. The second-order valence-corrected chi connectivity index (χ2v) is 6.60. The summed E-state index contributed by atoms with van der Waals surface area (Å²) in [7, 11) is 0. The number of nitrogens with one attached hydrogen (secondary N) is 1. The molecule has 0 radical (unpaired) electrons. The van der Waals surface area contributed by atoms with Crippen LogP contribution in [0.5, 0.6) is 0 Å². The first-order chi connectivity index (χ1) is 8.63. The maximum atomic E-state index is 12.5. The molecule has 100 valence electrons. The minimum absolute atomic E-state index is 0.167. The van der Waals surface area contributed by atoms with Gasteiger partial charge in [-0.15, -0.1) is 0 Å². The summed E-state index contributed by atoms with van der Waals surface area (Å²) in [6.45, 7) is 5.78. The zero-order chi connectivity index (χ0) is 12.7. The molecule has 2 saturated heterocycles. The molecule has 0 aromatic carbocycles. The van der Waals surface area contributed by atoms with Gasteiger partial charge in [-0.3, -0.25) is 4.79 Å². The number of ether oxygens (including phenoxy) is 1. The smallest absolute Gasteiger partial charge is 0.264 e. The molecule has 5 heteroatoms. The molecule has 3 unspecified atom stereocenters. The zero-order valence-electron chi connectivity index (χ0n) is 10.6. The fourth-order valence-electron chi connectivity index (χ4n) is 3.25. The number of nitrogens with zero attached hydrogens (tertiary/aromatic N) is 1. The minimum Gasteiger partial charge on any atom is -0.484 e. The van der Waals surface area contributed by atoms with Crippen molar-refractivity contribution in [1.29, 1.82) is 0 Å². The average Bonchev–Trinajstić information content (AvgIpc) is 2.68. The lowest BCUT2D eigenvalue weighted by Crippen LogP contribution is -2.54. The van der Waals surface area contributed by atoms with E-state index in [9.17, 15) is 4.79 Å². The standard InChI is InChI=1S/C13H19BrN2O2/c1-8-11(14)3-12(18-8)13(17)16-6-9-2-10(7-16)5-15-4-9/h9-10,12,15H,2-7H2,1H3. The Morgan fingerprint density at radius 1 is 1.39 bits per heavy atom. The van der Waals surface area contributed by atoms with E-state index in [0.29, 0.717) is 18.3 Å². The average molecular weight is 315 g/mol. The molecule has 3 rings (SSSR count). The van der Waals surface area contributed by atoms with E-state index in [-0.39, 0.29) is 12.0 Å². The number of piperidine rings is 2. The molecule has 18 heavy (non-hydrogen) atoms. The van der Waals surface area contributed by atoms with Crippen LogP contribution in [0, 0.1) is 11.8 Å². The second-order valence-electron chi connectivity index (χ2n) is 5.64. The molecule has 3 atom stereocenters. The van der Waals surface area contributed by atoms with E-state index in [2.05, 4.69) is 21.2 Å². The highest BCUT2D eigenvalue weighted by atomic mass is 79.9. The molecule has 4 nitrogen and oxygen atoms in total. The maximum Gasteiger partial charge on any atom is 0.264 e. The molecule has 1 amide bonds. The largest absolute Gasteiger partial charge is 0.484 e. The lowest BCUT2D eigenvalue weighted by Gasteiger charge is -2.42. The number of amides is 1. The minimum atomic E-state index is -0.300. The van der Waals surface area contributed by atoms with Gasteiger partial charge < -0.3 is 15.0 Å². The number of hydrogen-bond acceptors (Lipinski definition) is 3. The Balaban J connectivity index is 1.63. The Morgan fingerprint density at radius 2 is 2.06 bits per heavy atom. The molecule has 3 aliphatic heterocycles. The molecule has 3 heterocycles. The van der Waals surface area contributed by atoms with Gasteiger partial charge in [0.15, 0.2) is 6.10 Å². The van der Waals surface area contributed by atoms with Crippen LogP contribution < -0.4 is 5.32 Å². The van der Waals surface area contributed by atoms with Crippen LogP contribution in [0.1, 0.15) is 19.8 Å². The van der Waals surface area contributed by atoms with Crippen LogP contribution in [0.4, 0.5) is 0 Å². The van der Waals surface area contributed by atoms with Crippen LogP contribution in [-0.4, -0.2) is 43.1 Å². The van der Waals surface area contributed by atoms with Crippen LogP contribution in [0.2, 0.25) is 0 Å². The van der Waals surface area contributed by atoms with Gasteiger partial charge in [0.2, 0.25) is 0 Å². The topological polar surface area (TPSA) is 41.6 Å². The summed E-state index contributed by atoms with van der Waals surface area (Å²) in [6.07, 6.45) is 1.66. The summed E-state index contributed by atoms with van der Waals surface area (Å²) in [5, 5.41) is 3.44. The number of fused-ring (bicyclic) bond motifs is 2. The predicted molar refractivity (Wildman–Crippen MR) is 72.2 cm³/mol. The number of carbonyl (C=O) groups is 1. The molecule has 3 aliphatic rings. The lowest BCUT2D eigenvalue weighted by molar-refractivity contribution is -0.143. The number of allylic oxidation sites excluding steroid dienone is 1. The van der Waals surface area contributed by atoms with E-state index in [1.807, 2.05) is 11.8 Å². The van der Waals surface area contributed by atoms with Crippen LogP contribution in [0.25, 0.3) is 0 Å². The Labute approximate surface area is 116 Å². The normalized spacial score (nSPS) is 35.7. The zero-order valence-corrected chi connectivity index (χ0v) is 12.2. The van der Waals surface area contributed by atoms with Gasteiger partial charge >= 0.3 is 0 Å². The molecule has 0 aromatic heterocycles. The van der Waals surface area contributed by atoms with Crippen LogP contribution >= 0.6 is 15.9 Å². The summed E-state index contributed by atoms with van der Waals surface area (Å²) in [6, 6.07) is 0. The van der Waals surface area contributed by atoms with Crippen molar-refractivity contribution < 1.29 is 9.53 Å². The van der Waals surface area contributed by atoms with Gasteiger partial charge in [0.1, 0.15) is 5.76 Å². The van der Waals surface area contributed by atoms with E-state index in [1.54, 1.807) is 0 Å². The highest BCUT2D eigenvalue weighted by Gasteiger charge is 2.37. The number of likely N-dealkylation sites (tertiary alicyclic amines) is 1. The van der Waals surface area contributed by atoms with E-state index < -0.39 is 0 Å². The van der Waals surface area contributed by atoms with Crippen molar-refractivity contribution in [3.8, 4) is 0 Å². The van der Waals surface area contributed by atoms with E-state index in [4.69, 9.17) is 4.74 Å². The van der Waals surface area contributed by atoms with Gasteiger partial charge in [0.25, 0.3) is 5.91 Å². The SMILES string of the molecule is CC1=C(Br)CC(C(=O)N2CC3CNCC(C3)C2)O1. The van der Waals surface area contributed by atoms with Crippen molar-refractivity contribution in [2.45, 2.75) is 25.9 Å². The van der Waals surface area contributed by atoms with Crippen molar-refractivity contribution >= 4 is 21.8 Å². The third kappa shape index (κ3) is 2.30. The van der Waals surface area contributed by atoms with Gasteiger partial charge in [-0.05, 0) is 38.3 Å². The summed E-state index contributed by atoms with van der Waals surface area (Å²) in [5.74, 6) is 2.27. The first kappa shape index (κ1) is 12.5. The summed E-state index contributed by atoms with van der Waals surface area (Å²) >= 11 is 3.46. The summed E-state index contributed by atoms with van der Waals surface area (Å²) in [4.78, 5) is 14.5. The fourth-order valence-corrected chi connectivity index (χ4v) is 3.64. The quantitative estimate of drug-likeness (QED) is 0.797. The molecule has 2 bridgehead atoms. The van der Waals surface area contributed by atoms with Gasteiger partial charge in [0, 0.05) is 24.0 Å². The monoisotopic (exact) mass is 314 g/mol. The van der Waals surface area contributed by atoms with Crippen LogP contribution in [0.15, 0.2) is 10.2 Å². The maximum absolute atomic E-state index is 12.5. The van der Waals surface area contributed by atoms with Crippen molar-refractivity contribution in [2.24, 2.45) is 11.8 Å². The Morgan fingerprint density at radius 3 is 2.61 bits per heavy atom. The van der Waals surface area contributed by atoms with Gasteiger partial charge in [0.05, 0.1) is 0 Å². The Hall–Kier alpha value is -0.550. The molecule has 2 fully saturated rings. The number of rotatable bonds is 1.